The van der Waals surface area contributed by atoms with Gasteiger partial charge >= 0.3 is 0 Å². The Morgan fingerprint density at radius 1 is 1.21 bits per heavy atom. The van der Waals surface area contributed by atoms with Crippen LogP contribution in [-0.4, -0.2) is 24.9 Å². The minimum absolute atomic E-state index is 0.0486. The summed E-state index contributed by atoms with van der Waals surface area (Å²) in [6, 6.07) is 6.59. The Morgan fingerprint density at radius 3 is 2.42 bits per heavy atom. The molecule has 3 rings (SSSR count). The second-order valence-corrected chi connectivity index (χ2v) is 7.28. The van der Waals surface area contributed by atoms with Crippen LogP contribution in [0.25, 0.3) is 0 Å². The summed E-state index contributed by atoms with van der Waals surface area (Å²) >= 11 is 0. The molecule has 1 aromatic carbocycles. The molecule has 4 nitrogen and oxygen atoms in total. The van der Waals surface area contributed by atoms with Crippen molar-refractivity contribution in [2.45, 2.75) is 44.4 Å². The van der Waals surface area contributed by atoms with Gasteiger partial charge in [0.15, 0.2) is 0 Å². The number of carbonyl (C=O) groups excluding carboxylic acids is 2. The number of benzene rings is 1. The van der Waals surface area contributed by atoms with Gasteiger partial charge in [0.25, 0.3) is 0 Å². The van der Waals surface area contributed by atoms with Gasteiger partial charge in [-0.25, -0.2) is 4.39 Å². The molecule has 2 amide bonds. The van der Waals surface area contributed by atoms with Crippen LogP contribution >= 0.6 is 0 Å². The predicted molar refractivity (Wildman–Crippen MR) is 89.8 cm³/mol. The topological polar surface area (TPSA) is 58.2 Å². The van der Waals surface area contributed by atoms with Gasteiger partial charge in [0.05, 0.1) is 0 Å². The van der Waals surface area contributed by atoms with Gasteiger partial charge in [-0.1, -0.05) is 25.5 Å². The zero-order valence-electron chi connectivity index (χ0n) is 14.1. The van der Waals surface area contributed by atoms with Gasteiger partial charge in [-0.15, -0.1) is 0 Å². The third-order valence-corrected chi connectivity index (χ3v) is 5.49. The van der Waals surface area contributed by atoms with E-state index in [9.17, 15) is 14.0 Å². The van der Waals surface area contributed by atoms with E-state index in [0.717, 1.165) is 31.2 Å². The quantitative estimate of drug-likeness (QED) is 0.806. The molecule has 2 saturated carbocycles. The lowest BCUT2D eigenvalue weighted by molar-refractivity contribution is -0.123. The van der Waals surface area contributed by atoms with E-state index in [1.165, 1.54) is 12.1 Å². The maximum Gasteiger partial charge on any atom is 0.223 e. The third kappa shape index (κ3) is 3.77. The zero-order valence-corrected chi connectivity index (χ0v) is 14.1. The summed E-state index contributed by atoms with van der Waals surface area (Å²) in [4.78, 5) is 23.7. The van der Waals surface area contributed by atoms with E-state index in [2.05, 4.69) is 17.6 Å². The molecular weight excluding hydrogens is 307 g/mol. The molecular formula is C19H25FN2O2. The summed E-state index contributed by atoms with van der Waals surface area (Å²) in [6.45, 7) is 3.02. The molecule has 0 aromatic heterocycles. The van der Waals surface area contributed by atoms with Crippen molar-refractivity contribution in [2.24, 2.45) is 11.8 Å². The van der Waals surface area contributed by atoms with Crippen molar-refractivity contribution in [2.75, 3.05) is 13.1 Å². The molecule has 2 atom stereocenters. The first-order chi connectivity index (χ1) is 11.5. The lowest BCUT2D eigenvalue weighted by Crippen LogP contribution is -2.46. The third-order valence-electron chi connectivity index (χ3n) is 5.49. The molecule has 0 saturated heterocycles. The first-order valence-corrected chi connectivity index (χ1v) is 8.81. The molecule has 0 aliphatic heterocycles. The summed E-state index contributed by atoms with van der Waals surface area (Å²) < 4.78 is 13.1. The van der Waals surface area contributed by atoms with Crippen molar-refractivity contribution in [3.05, 3.63) is 35.6 Å². The Kier molecular flexibility index (Phi) is 4.88. The molecule has 2 unspecified atom stereocenters. The highest BCUT2D eigenvalue weighted by Crippen LogP contribution is 2.43. The Morgan fingerprint density at radius 2 is 1.88 bits per heavy atom. The molecule has 0 heterocycles. The monoisotopic (exact) mass is 332 g/mol. The molecule has 0 spiro atoms. The largest absolute Gasteiger partial charge is 0.355 e. The summed E-state index contributed by atoms with van der Waals surface area (Å²) in [6.07, 6.45) is 4.40. The molecule has 0 bridgehead atoms. The van der Waals surface area contributed by atoms with Gasteiger partial charge in [-0.2, -0.15) is 0 Å². The molecule has 130 valence electrons. The van der Waals surface area contributed by atoms with E-state index in [1.54, 1.807) is 0 Å². The number of halogens is 1. The summed E-state index contributed by atoms with van der Waals surface area (Å²) in [5.41, 5.74) is 1.03. The Labute approximate surface area is 142 Å². The maximum absolute atomic E-state index is 13.1. The first kappa shape index (κ1) is 16.9. The fourth-order valence-electron chi connectivity index (χ4n) is 3.45. The fourth-order valence-corrected chi connectivity index (χ4v) is 3.45. The Bertz CT molecular complexity index is 610. The van der Waals surface area contributed by atoms with Crippen molar-refractivity contribution >= 4 is 11.8 Å². The van der Waals surface area contributed by atoms with Crippen LogP contribution in [0, 0.1) is 17.7 Å². The SMILES string of the molecule is CC1CC1C(=O)NCCC(=O)NCC1(c2ccc(F)cc2)CCC1. The highest BCUT2D eigenvalue weighted by atomic mass is 19.1. The number of hydrogen-bond donors (Lipinski definition) is 2. The number of carbonyl (C=O) groups is 2. The molecule has 5 heteroatoms. The summed E-state index contributed by atoms with van der Waals surface area (Å²) in [5, 5.41) is 5.81. The van der Waals surface area contributed by atoms with Crippen molar-refractivity contribution in [1.29, 1.82) is 0 Å². The van der Waals surface area contributed by atoms with Crippen molar-refractivity contribution in [3.63, 3.8) is 0 Å². The van der Waals surface area contributed by atoms with Crippen LogP contribution in [0.2, 0.25) is 0 Å². The first-order valence-electron chi connectivity index (χ1n) is 8.81. The lowest BCUT2D eigenvalue weighted by Gasteiger charge is -2.42. The van der Waals surface area contributed by atoms with E-state index in [1.807, 2.05) is 12.1 Å². The average molecular weight is 332 g/mol. The maximum atomic E-state index is 13.1. The average Bonchev–Trinajstić information content (AvgIpc) is 3.25. The smallest absolute Gasteiger partial charge is 0.223 e. The van der Waals surface area contributed by atoms with Crippen LogP contribution < -0.4 is 10.6 Å². The highest BCUT2D eigenvalue weighted by Gasteiger charge is 2.39. The standard InChI is InChI=1S/C19H25FN2O2/c1-13-11-16(13)18(24)21-10-7-17(23)22-12-19(8-2-9-19)14-3-5-15(20)6-4-14/h3-6,13,16H,2,7-12H2,1H3,(H,21,24)(H,22,23). The minimum atomic E-state index is -0.238. The molecule has 2 N–H and O–H groups in total. The van der Waals surface area contributed by atoms with Crippen molar-refractivity contribution in [1.82, 2.24) is 10.6 Å². The highest BCUT2D eigenvalue weighted by molar-refractivity contribution is 5.82. The minimum Gasteiger partial charge on any atom is -0.355 e. The number of nitrogens with one attached hydrogen (secondary N) is 2. The van der Waals surface area contributed by atoms with Gasteiger partial charge in [-0.3, -0.25) is 9.59 Å². The van der Waals surface area contributed by atoms with Crippen LogP contribution in [0.4, 0.5) is 4.39 Å². The normalized spacial score (nSPS) is 23.9. The van der Waals surface area contributed by atoms with E-state index in [0.29, 0.717) is 25.4 Å². The van der Waals surface area contributed by atoms with Gasteiger partial charge in [0.2, 0.25) is 11.8 Å². The Balaban J connectivity index is 1.43. The summed E-state index contributed by atoms with van der Waals surface area (Å²) in [5.74, 6) is 0.403. The van der Waals surface area contributed by atoms with Gasteiger partial charge in [-0.05, 0) is 42.9 Å². The molecule has 2 aliphatic rings. The second-order valence-electron chi connectivity index (χ2n) is 7.28. The van der Waals surface area contributed by atoms with Gasteiger partial charge in [0, 0.05) is 30.8 Å². The molecule has 0 radical (unpaired) electrons. The van der Waals surface area contributed by atoms with E-state index < -0.39 is 0 Å². The van der Waals surface area contributed by atoms with Gasteiger partial charge in [0.1, 0.15) is 5.82 Å². The molecule has 1 aromatic rings. The second kappa shape index (κ2) is 6.91. The molecule has 24 heavy (non-hydrogen) atoms. The fraction of sp³-hybridized carbons (Fsp3) is 0.579. The van der Waals surface area contributed by atoms with Crippen LogP contribution in [0.1, 0.15) is 44.6 Å². The van der Waals surface area contributed by atoms with Crippen molar-refractivity contribution < 1.29 is 14.0 Å². The van der Waals surface area contributed by atoms with Crippen LogP contribution in [0.5, 0.6) is 0 Å². The number of rotatable bonds is 7. The number of amides is 2. The van der Waals surface area contributed by atoms with Crippen LogP contribution in [0.15, 0.2) is 24.3 Å². The van der Waals surface area contributed by atoms with Gasteiger partial charge < -0.3 is 10.6 Å². The summed E-state index contributed by atoms with van der Waals surface area (Å²) in [7, 11) is 0. The van der Waals surface area contributed by atoms with Crippen LogP contribution in [-0.2, 0) is 15.0 Å². The zero-order chi connectivity index (χ0) is 17.2. The van der Waals surface area contributed by atoms with E-state index in [-0.39, 0.29) is 29.0 Å². The Hall–Kier alpha value is -1.91. The predicted octanol–water partition coefficient (Wildman–Crippen LogP) is 2.53. The molecule has 2 aliphatic carbocycles. The molecule has 2 fully saturated rings. The van der Waals surface area contributed by atoms with Crippen molar-refractivity contribution in [3.8, 4) is 0 Å². The lowest BCUT2D eigenvalue weighted by atomic mass is 9.64. The van der Waals surface area contributed by atoms with E-state index >= 15 is 0 Å². The van der Waals surface area contributed by atoms with Crippen LogP contribution in [0.3, 0.4) is 0 Å². The number of hydrogen-bond acceptors (Lipinski definition) is 2. The van der Waals surface area contributed by atoms with E-state index in [4.69, 9.17) is 0 Å².